The number of carbonyl (C=O) groups is 2. The summed E-state index contributed by atoms with van der Waals surface area (Å²) in [5, 5.41) is 0. The van der Waals surface area contributed by atoms with Gasteiger partial charge in [0.2, 0.25) is 5.91 Å². The van der Waals surface area contributed by atoms with Gasteiger partial charge >= 0.3 is 0 Å². The molecular weight excluding hydrogens is 278 g/mol. The second-order valence-corrected chi connectivity index (χ2v) is 6.59. The Kier molecular flexibility index (Phi) is 3.98. The summed E-state index contributed by atoms with van der Waals surface area (Å²) in [6.45, 7) is 6.14. The normalized spacial score (nSPS) is 24.8. The third-order valence-electron chi connectivity index (χ3n) is 5.14. The largest absolute Gasteiger partial charge is 0.344 e. The molecule has 0 radical (unpaired) electrons. The van der Waals surface area contributed by atoms with Gasteiger partial charge in [0.05, 0.1) is 5.92 Å². The molecule has 0 aromatic carbocycles. The van der Waals surface area contributed by atoms with E-state index in [1.807, 2.05) is 40.5 Å². The fraction of sp³-hybridized carbons (Fsp3) is 0.647. The minimum absolute atomic E-state index is 0.0179. The van der Waals surface area contributed by atoms with Crippen LogP contribution in [0, 0.1) is 12.8 Å². The molecule has 0 saturated carbocycles. The minimum Gasteiger partial charge on any atom is -0.344 e. The third kappa shape index (κ3) is 2.42. The highest BCUT2D eigenvalue weighted by Gasteiger charge is 2.41. The number of piperidine rings is 1. The number of carbonyl (C=O) groups excluding carboxylic acids is 2. The van der Waals surface area contributed by atoms with E-state index in [2.05, 4.69) is 6.92 Å². The Morgan fingerprint density at radius 3 is 2.68 bits per heavy atom. The Morgan fingerprint density at radius 2 is 2.05 bits per heavy atom. The van der Waals surface area contributed by atoms with Crippen molar-refractivity contribution in [2.75, 3.05) is 19.6 Å². The molecule has 4 heterocycles. The van der Waals surface area contributed by atoms with Crippen LogP contribution in [0.15, 0.2) is 12.1 Å². The van der Waals surface area contributed by atoms with Gasteiger partial charge < -0.3 is 14.4 Å². The standard InChI is InChI=1S/C17H25N3O2/c1-4-9-20-14-7-6-13(16(20)21)10-19(11-14)17(22)15-8-5-12(2)18(15)3/h5,8,13-14H,4,6-7,9-11H2,1-3H3/t13-,14+/m1/s1. The Morgan fingerprint density at radius 1 is 1.27 bits per heavy atom. The molecule has 0 unspecified atom stereocenters. The topological polar surface area (TPSA) is 45.6 Å². The lowest BCUT2D eigenvalue weighted by molar-refractivity contribution is -0.139. The van der Waals surface area contributed by atoms with E-state index in [1.165, 1.54) is 0 Å². The first kappa shape index (κ1) is 15.1. The van der Waals surface area contributed by atoms with Crippen LogP contribution in [0.25, 0.3) is 0 Å². The number of fused-ring (bicyclic) bond motifs is 4. The van der Waals surface area contributed by atoms with Gasteiger partial charge in [-0.3, -0.25) is 9.59 Å². The Bertz CT molecular complexity index is 593. The van der Waals surface area contributed by atoms with E-state index in [0.717, 1.165) is 31.5 Å². The first-order valence-corrected chi connectivity index (χ1v) is 8.25. The molecule has 5 nitrogen and oxygen atoms in total. The van der Waals surface area contributed by atoms with E-state index in [9.17, 15) is 9.59 Å². The van der Waals surface area contributed by atoms with Gasteiger partial charge in [0.1, 0.15) is 5.69 Å². The van der Waals surface area contributed by atoms with Gasteiger partial charge in [0.25, 0.3) is 5.91 Å². The smallest absolute Gasteiger partial charge is 0.270 e. The van der Waals surface area contributed by atoms with Crippen LogP contribution in [0.2, 0.25) is 0 Å². The summed E-state index contributed by atoms with van der Waals surface area (Å²) in [4.78, 5) is 29.3. The van der Waals surface area contributed by atoms with Crippen LogP contribution in [-0.4, -0.2) is 51.9 Å². The van der Waals surface area contributed by atoms with Crippen molar-refractivity contribution in [2.24, 2.45) is 13.0 Å². The van der Waals surface area contributed by atoms with Crippen LogP contribution in [-0.2, 0) is 11.8 Å². The predicted octanol–water partition coefficient (Wildman–Crippen LogP) is 1.81. The molecule has 5 heteroatoms. The molecule has 2 atom stereocenters. The van der Waals surface area contributed by atoms with Gasteiger partial charge in [-0.2, -0.15) is 0 Å². The maximum absolute atomic E-state index is 12.9. The van der Waals surface area contributed by atoms with E-state index in [1.54, 1.807) is 0 Å². The average molecular weight is 303 g/mol. The number of hydrogen-bond acceptors (Lipinski definition) is 2. The van der Waals surface area contributed by atoms with Crippen LogP contribution < -0.4 is 0 Å². The fourth-order valence-corrected chi connectivity index (χ4v) is 3.73. The molecule has 22 heavy (non-hydrogen) atoms. The maximum Gasteiger partial charge on any atom is 0.270 e. The minimum atomic E-state index is -0.0179. The Hall–Kier alpha value is -1.78. The molecule has 3 saturated heterocycles. The number of rotatable bonds is 3. The molecule has 1 aromatic heterocycles. The molecular formula is C17H25N3O2. The lowest BCUT2D eigenvalue weighted by Gasteiger charge is -2.35. The molecule has 4 rings (SSSR count). The van der Waals surface area contributed by atoms with Crippen molar-refractivity contribution in [1.82, 2.24) is 14.4 Å². The van der Waals surface area contributed by atoms with Gasteiger partial charge in [-0.15, -0.1) is 0 Å². The summed E-state index contributed by atoms with van der Waals surface area (Å²) in [5.74, 6) is 0.283. The van der Waals surface area contributed by atoms with Crippen molar-refractivity contribution in [3.8, 4) is 0 Å². The summed E-state index contributed by atoms with van der Waals surface area (Å²) >= 11 is 0. The Labute approximate surface area is 131 Å². The summed E-state index contributed by atoms with van der Waals surface area (Å²) < 4.78 is 1.93. The zero-order valence-electron chi connectivity index (χ0n) is 13.7. The fourth-order valence-electron chi connectivity index (χ4n) is 3.73. The number of aryl methyl sites for hydroxylation is 1. The maximum atomic E-state index is 12.9. The molecule has 3 aliphatic rings. The van der Waals surface area contributed by atoms with Crippen molar-refractivity contribution < 1.29 is 9.59 Å². The zero-order chi connectivity index (χ0) is 15.9. The van der Waals surface area contributed by atoms with Crippen LogP contribution in [0.4, 0.5) is 0 Å². The lowest BCUT2D eigenvalue weighted by atomic mass is 9.94. The van der Waals surface area contributed by atoms with Crippen molar-refractivity contribution in [1.29, 1.82) is 0 Å². The second kappa shape index (κ2) is 5.78. The quantitative estimate of drug-likeness (QED) is 0.855. The van der Waals surface area contributed by atoms with Crippen molar-refractivity contribution in [2.45, 2.75) is 39.2 Å². The van der Waals surface area contributed by atoms with Crippen LogP contribution in [0.3, 0.4) is 0 Å². The molecule has 2 amide bonds. The molecule has 0 N–H and O–H groups in total. The van der Waals surface area contributed by atoms with Crippen molar-refractivity contribution >= 4 is 11.8 Å². The van der Waals surface area contributed by atoms with Gasteiger partial charge in [-0.05, 0) is 38.3 Å². The van der Waals surface area contributed by atoms with Crippen LogP contribution in [0.1, 0.15) is 42.4 Å². The highest BCUT2D eigenvalue weighted by atomic mass is 16.2. The van der Waals surface area contributed by atoms with Gasteiger partial charge in [0.15, 0.2) is 0 Å². The first-order valence-electron chi connectivity index (χ1n) is 8.25. The molecule has 120 valence electrons. The van der Waals surface area contributed by atoms with Crippen LogP contribution >= 0.6 is 0 Å². The van der Waals surface area contributed by atoms with E-state index >= 15 is 0 Å². The summed E-state index contributed by atoms with van der Waals surface area (Å²) in [6, 6.07) is 4.04. The number of hydrogen-bond donors (Lipinski definition) is 0. The van der Waals surface area contributed by atoms with Crippen LogP contribution in [0.5, 0.6) is 0 Å². The molecule has 2 bridgehead atoms. The van der Waals surface area contributed by atoms with E-state index in [0.29, 0.717) is 18.8 Å². The van der Waals surface area contributed by atoms with Crippen molar-refractivity contribution in [3.05, 3.63) is 23.5 Å². The SMILES string of the molecule is CCCN1C(=O)[C@@H]2CC[C@H]1CN(C(=O)c1ccc(C)n1C)C2. The monoisotopic (exact) mass is 303 g/mol. The highest BCUT2D eigenvalue weighted by molar-refractivity contribution is 5.94. The number of amides is 2. The van der Waals surface area contributed by atoms with Gasteiger partial charge in [-0.1, -0.05) is 6.92 Å². The van der Waals surface area contributed by atoms with Gasteiger partial charge in [0, 0.05) is 38.4 Å². The zero-order valence-corrected chi connectivity index (χ0v) is 13.7. The second-order valence-electron chi connectivity index (χ2n) is 6.59. The van der Waals surface area contributed by atoms with Crippen molar-refractivity contribution in [3.63, 3.8) is 0 Å². The first-order chi connectivity index (χ1) is 10.5. The molecule has 0 aliphatic carbocycles. The third-order valence-corrected chi connectivity index (χ3v) is 5.14. The Balaban J connectivity index is 1.83. The summed E-state index contributed by atoms with van der Waals surface area (Å²) in [7, 11) is 1.92. The lowest BCUT2D eigenvalue weighted by Crippen LogP contribution is -2.48. The molecule has 3 fully saturated rings. The number of nitrogens with zero attached hydrogens (tertiary/aromatic N) is 3. The molecule has 0 spiro atoms. The predicted molar refractivity (Wildman–Crippen MR) is 84.6 cm³/mol. The number of aromatic nitrogens is 1. The summed E-state index contributed by atoms with van der Waals surface area (Å²) in [6.07, 6.45) is 2.91. The van der Waals surface area contributed by atoms with E-state index in [4.69, 9.17) is 0 Å². The van der Waals surface area contributed by atoms with Gasteiger partial charge in [-0.25, -0.2) is 0 Å². The highest BCUT2D eigenvalue weighted by Crippen LogP contribution is 2.30. The summed E-state index contributed by atoms with van der Waals surface area (Å²) in [5.41, 5.74) is 1.79. The average Bonchev–Trinajstić information content (AvgIpc) is 2.69. The molecule has 1 aromatic rings. The van der Waals surface area contributed by atoms with E-state index < -0.39 is 0 Å². The van der Waals surface area contributed by atoms with E-state index in [-0.39, 0.29) is 23.8 Å². The molecule has 3 aliphatic heterocycles.